The maximum absolute atomic E-state index is 4.75. The van der Waals surface area contributed by atoms with E-state index in [9.17, 15) is 0 Å². The molecule has 2 aromatic heterocycles. The molecule has 5 aromatic rings. The summed E-state index contributed by atoms with van der Waals surface area (Å²) >= 11 is 1.88. The highest BCUT2D eigenvalue weighted by Gasteiger charge is 2.17. The predicted molar refractivity (Wildman–Crippen MR) is 141 cm³/mol. The van der Waals surface area contributed by atoms with Gasteiger partial charge in [-0.25, -0.2) is 0 Å². The van der Waals surface area contributed by atoms with E-state index < -0.39 is 0 Å². The molecule has 2 heteroatoms. The number of aromatic nitrogens is 1. The van der Waals surface area contributed by atoms with E-state index in [1.54, 1.807) is 0 Å². The lowest BCUT2D eigenvalue weighted by atomic mass is 9.87. The summed E-state index contributed by atoms with van der Waals surface area (Å²) in [6.45, 7) is 13.4. The average molecular weight is 436 g/mol. The highest BCUT2D eigenvalue weighted by molar-refractivity contribution is 7.26. The van der Waals surface area contributed by atoms with Crippen molar-refractivity contribution >= 4 is 31.5 Å². The Balaban J connectivity index is 1.71. The Morgan fingerprint density at radius 2 is 1.53 bits per heavy atom. The molecule has 0 aliphatic rings. The molecule has 2 heterocycles. The highest BCUT2D eigenvalue weighted by Crippen LogP contribution is 2.42. The first kappa shape index (κ1) is 20.9. The van der Waals surface area contributed by atoms with Crippen molar-refractivity contribution in [3.8, 4) is 22.4 Å². The van der Waals surface area contributed by atoms with Gasteiger partial charge in [0.05, 0.1) is 5.69 Å². The number of thiophene rings is 1. The molecule has 0 fully saturated rings. The van der Waals surface area contributed by atoms with Gasteiger partial charge in [0.2, 0.25) is 0 Å². The zero-order valence-electron chi connectivity index (χ0n) is 19.7. The first-order valence-corrected chi connectivity index (χ1v) is 12.0. The highest BCUT2D eigenvalue weighted by atomic mass is 32.1. The number of aryl methyl sites for hydroxylation is 3. The van der Waals surface area contributed by atoms with Gasteiger partial charge in [0, 0.05) is 31.9 Å². The Labute approximate surface area is 194 Å². The summed E-state index contributed by atoms with van der Waals surface area (Å²) in [4.78, 5) is 4.75. The number of hydrogen-bond acceptors (Lipinski definition) is 2. The van der Waals surface area contributed by atoms with Gasteiger partial charge in [0.1, 0.15) is 0 Å². The monoisotopic (exact) mass is 435 g/mol. The summed E-state index contributed by atoms with van der Waals surface area (Å²) in [6.07, 6.45) is 1.95. The second-order valence-corrected chi connectivity index (χ2v) is 11.0. The van der Waals surface area contributed by atoms with Gasteiger partial charge in [-0.15, -0.1) is 11.3 Å². The van der Waals surface area contributed by atoms with Crippen LogP contribution in [0.2, 0.25) is 0 Å². The molecule has 5 rings (SSSR count). The molecule has 0 aliphatic heterocycles. The molecular formula is C30H29NS. The van der Waals surface area contributed by atoms with Crippen molar-refractivity contribution in [2.24, 2.45) is 0 Å². The van der Waals surface area contributed by atoms with Gasteiger partial charge >= 0.3 is 0 Å². The smallest absolute Gasteiger partial charge is 0.0719 e. The number of rotatable bonds is 2. The van der Waals surface area contributed by atoms with Crippen LogP contribution in [0.25, 0.3) is 42.6 Å². The Bertz CT molecular complexity index is 1460. The summed E-state index contributed by atoms with van der Waals surface area (Å²) in [5.41, 5.74) is 10.3. The van der Waals surface area contributed by atoms with Gasteiger partial charge in [0.15, 0.2) is 0 Å². The molecule has 0 atom stereocenters. The quantitative estimate of drug-likeness (QED) is 0.269. The predicted octanol–water partition coefficient (Wildman–Crippen LogP) is 9.01. The topological polar surface area (TPSA) is 12.9 Å². The summed E-state index contributed by atoms with van der Waals surface area (Å²) in [5.74, 6) is 0. The van der Waals surface area contributed by atoms with Crippen LogP contribution < -0.4 is 0 Å². The van der Waals surface area contributed by atoms with Crippen molar-refractivity contribution in [3.63, 3.8) is 0 Å². The van der Waals surface area contributed by atoms with Crippen LogP contribution in [-0.4, -0.2) is 4.98 Å². The maximum atomic E-state index is 4.75. The maximum Gasteiger partial charge on any atom is 0.0719 e. The van der Waals surface area contributed by atoms with E-state index in [4.69, 9.17) is 4.98 Å². The Morgan fingerprint density at radius 1 is 0.781 bits per heavy atom. The SMILES string of the molecule is Cc1cc(C)c(-c2ccc3c(c2)sc2c(-c4cc(C(C)(C)C)ccn4)cccc23)c(C)c1. The summed E-state index contributed by atoms with van der Waals surface area (Å²) in [5, 5.41) is 2.64. The molecule has 0 unspecified atom stereocenters. The number of nitrogens with zero attached hydrogens (tertiary/aromatic N) is 1. The van der Waals surface area contributed by atoms with E-state index in [1.165, 1.54) is 59.1 Å². The zero-order chi connectivity index (χ0) is 22.6. The van der Waals surface area contributed by atoms with Gasteiger partial charge < -0.3 is 0 Å². The lowest BCUT2D eigenvalue weighted by molar-refractivity contribution is 0.589. The van der Waals surface area contributed by atoms with E-state index in [0.29, 0.717) is 0 Å². The van der Waals surface area contributed by atoms with Gasteiger partial charge in [-0.2, -0.15) is 0 Å². The fourth-order valence-electron chi connectivity index (χ4n) is 4.84. The summed E-state index contributed by atoms with van der Waals surface area (Å²) in [6, 6.07) is 22.5. The zero-order valence-corrected chi connectivity index (χ0v) is 20.5. The fourth-order valence-corrected chi connectivity index (χ4v) is 6.10. The van der Waals surface area contributed by atoms with Crippen molar-refractivity contribution in [1.82, 2.24) is 4.98 Å². The first-order chi connectivity index (χ1) is 15.2. The van der Waals surface area contributed by atoms with Crippen molar-refractivity contribution in [1.29, 1.82) is 0 Å². The van der Waals surface area contributed by atoms with Crippen LogP contribution in [0.4, 0.5) is 0 Å². The van der Waals surface area contributed by atoms with Crippen LogP contribution in [-0.2, 0) is 5.41 Å². The lowest BCUT2D eigenvalue weighted by Crippen LogP contribution is -2.11. The van der Waals surface area contributed by atoms with E-state index in [-0.39, 0.29) is 5.41 Å². The third kappa shape index (κ3) is 3.53. The Morgan fingerprint density at radius 3 is 2.25 bits per heavy atom. The number of fused-ring (bicyclic) bond motifs is 3. The standard InChI is InChI=1S/C30H29NS/c1-18-14-19(2)28(20(3)15-18)21-10-11-23-24-8-7-9-25(29(24)32-27(23)16-21)26-17-22(12-13-31-26)30(4,5)6/h7-17H,1-6H3. The molecule has 0 N–H and O–H groups in total. The van der Waals surface area contributed by atoms with E-state index in [0.717, 1.165) is 5.69 Å². The first-order valence-electron chi connectivity index (χ1n) is 11.2. The molecule has 0 bridgehead atoms. The largest absolute Gasteiger partial charge is 0.256 e. The van der Waals surface area contributed by atoms with Crippen LogP contribution in [0.5, 0.6) is 0 Å². The van der Waals surface area contributed by atoms with E-state index in [2.05, 4.69) is 102 Å². The van der Waals surface area contributed by atoms with E-state index >= 15 is 0 Å². The Kier molecular flexibility index (Phi) is 4.94. The Hall–Kier alpha value is -2.97. The number of pyridine rings is 1. The van der Waals surface area contributed by atoms with Gasteiger partial charge in [-0.05, 0) is 72.2 Å². The van der Waals surface area contributed by atoms with Crippen LogP contribution in [0.1, 0.15) is 43.0 Å². The van der Waals surface area contributed by atoms with Crippen LogP contribution >= 0.6 is 11.3 Å². The molecule has 3 aromatic carbocycles. The van der Waals surface area contributed by atoms with Crippen LogP contribution in [0, 0.1) is 20.8 Å². The van der Waals surface area contributed by atoms with Crippen molar-refractivity contribution in [3.05, 3.63) is 89.1 Å². The third-order valence-corrected chi connectivity index (χ3v) is 7.57. The molecule has 0 saturated carbocycles. The van der Waals surface area contributed by atoms with Gasteiger partial charge in [-0.1, -0.05) is 68.8 Å². The second kappa shape index (κ2) is 7.56. The minimum absolute atomic E-state index is 0.102. The molecule has 1 nitrogen and oxygen atoms in total. The molecule has 0 spiro atoms. The summed E-state index contributed by atoms with van der Waals surface area (Å²) in [7, 11) is 0. The normalized spacial score (nSPS) is 12.1. The molecule has 0 saturated heterocycles. The fraction of sp³-hybridized carbons (Fsp3) is 0.233. The summed E-state index contributed by atoms with van der Waals surface area (Å²) < 4.78 is 2.65. The van der Waals surface area contributed by atoms with E-state index in [1.807, 2.05) is 17.5 Å². The second-order valence-electron chi connectivity index (χ2n) is 9.95. The van der Waals surface area contributed by atoms with Gasteiger partial charge in [-0.3, -0.25) is 4.98 Å². The molecule has 32 heavy (non-hydrogen) atoms. The molecule has 0 amide bonds. The van der Waals surface area contributed by atoms with Crippen molar-refractivity contribution < 1.29 is 0 Å². The van der Waals surface area contributed by atoms with Crippen molar-refractivity contribution in [2.75, 3.05) is 0 Å². The third-order valence-electron chi connectivity index (χ3n) is 6.37. The van der Waals surface area contributed by atoms with Gasteiger partial charge in [0.25, 0.3) is 0 Å². The van der Waals surface area contributed by atoms with Crippen LogP contribution in [0.3, 0.4) is 0 Å². The minimum atomic E-state index is 0.102. The molecule has 160 valence electrons. The molecular weight excluding hydrogens is 406 g/mol. The van der Waals surface area contributed by atoms with Crippen molar-refractivity contribution in [2.45, 2.75) is 47.0 Å². The minimum Gasteiger partial charge on any atom is -0.256 e. The van der Waals surface area contributed by atoms with Crippen LogP contribution in [0.15, 0.2) is 66.9 Å². The molecule has 0 aliphatic carbocycles. The molecule has 0 radical (unpaired) electrons. The average Bonchev–Trinajstić information content (AvgIpc) is 3.10. The number of benzene rings is 3. The lowest BCUT2D eigenvalue weighted by Gasteiger charge is -2.19. The number of hydrogen-bond donors (Lipinski definition) is 0.